The molecule has 32 heavy (non-hydrogen) atoms. The molecule has 0 aliphatic rings. The molecule has 12 heteroatoms. The van der Waals surface area contributed by atoms with Crippen LogP contribution in [0.15, 0.2) is 76.5 Å². The second-order valence-corrected chi connectivity index (χ2v) is 10.3. The van der Waals surface area contributed by atoms with Gasteiger partial charge in [-0.2, -0.15) is 25.3 Å². The fraction of sp³-hybridized carbons (Fsp3) is 0.100. The van der Waals surface area contributed by atoms with E-state index in [9.17, 15) is 25.3 Å². The van der Waals surface area contributed by atoms with Crippen LogP contribution in [0.3, 0.4) is 0 Å². The minimum atomic E-state index is -4.32. The minimum absolute atomic E-state index is 0.122. The predicted molar refractivity (Wildman–Crippen MR) is 115 cm³/mol. The molecule has 0 spiro atoms. The second kappa shape index (κ2) is 9.18. The van der Waals surface area contributed by atoms with Crippen molar-refractivity contribution in [2.75, 3.05) is 0 Å². The highest BCUT2D eigenvalue weighted by molar-refractivity contribution is 7.87. The number of benzene rings is 3. The van der Waals surface area contributed by atoms with E-state index in [1.807, 2.05) is 0 Å². The highest BCUT2D eigenvalue weighted by atomic mass is 32.2. The van der Waals surface area contributed by atoms with Crippen LogP contribution in [0.5, 0.6) is 17.2 Å². The normalized spacial score (nSPS) is 11.8. The van der Waals surface area contributed by atoms with Crippen molar-refractivity contribution in [3.63, 3.8) is 0 Å². The maximum absolute atomic E-state index is 12.5. The van der Waals surface area contributed by atoms with Crippen molar-refractivity contribution in [3.05, 3.63) is 77.9 Å². The zero-order valence-corrected chi connectivity index (χ0v) is 19.3. The van der Waals surface area contributed by atoms with Crippen molar-refractivity contribution < 1.29 is 37.8 Å². The van der Waals surface area contributed by atoms with E-state index in [4.69, 9.17) is 8.37 Å². The topological polar surface area (TPSA) is 130 Å². The summed E-state index contributed by atoms with van der Waals surface area (Å²) in [7, 11) is -12.0. The van der Waals surface area contributed by atoms with Gasteiger partial charge in [-0.05, 0) is 50.2 Å². The molecule has 3 aromatic rings. The summed E-state index contributed by atoms with van der Waals surface area (Å²) in [6.07, 6.45) is 0. The molecule has 0 saturated carbocycles. The SMILES string of the molecule is Cc1ccc(S(=O)(=O)Oc2ccc(OS(=O)(=O)c3ccc(C)cc3)c(O[SH](=O)=O)c2)cc1. The van der Waals surface area contributed by atoms with Gasteiger partial charge >= 0.3 is 20.2 Å². The lowest BCUT2D eigenvalue weighted by Gasteiger charge is -2.12. The molecule has 0 radical (unpaired) electrons. The second-order valence-electron chi connectivity index (χ2n) is 6.62. The highest BCUT2D eigenvalue weighted by Gasteiger charge is 2.22. The van der Waals surface area contributed by atoms with E-state index in [0.717, 1.165) is 29.3 Å². The first-order chi connectivity index (χ1) is 15.0. The summed E-state index contributed by atoms with van der Waals surface area (Å²) in [5.74, 6) is -1.34. The lowest BCUT2D eigenvalue weighted by atomic mass is 10.2. The van der Waals surface area contributed by atoms with Crippen LogP contribution >= 0.6 is 0 Å². The van der Waals surface area contributed by atoms with E-state index in [2.05, 4.69) is 4.18 Å². The molecule has 0 aliphatic heterocycles. The summed E-state index contributed by atoms with van der Waals surface area (Å²) in [6, 6.07) is 14.7. The average molecular weight is 499 g/mol. The van der Waals surface area contributed by atoms with E-state index in [1.165, 1.54) is 24.3 Å². The molecule has 0 aromatic heterocycles. The van der Waals surface area contributed by atoms with Gasteiger partial charge in [0, 0.05) is 6.07 Å². The van der Waals surface area contributed by atoms with Crippen molar-refractivity contribution in [2.45, 2.75) is 23.6 Å². The largest absolute Gasteiger partial charge is 0.380 e. The Kier molecular flexibility index (Phi) is 6.77. The Balaban J connectivity index is 1.93. The van der Waals surface area contributed by atoms with E-state index in [0.29, 0.717) is 0 Å². The summed E-state index contributed by atoms with van der Waals surface area (Å²) in [4.78, 5) is -0.286. The first-order valence-corrected chi connectivity index (χ1v) is 12.9. The van der Waals surface area contributed by atoms with Gasteiger partial charge in [0.2, 0.25) is 0 Å². The predicted octanol–water partition coefficient (Wildman–Crippen LogP) is 2.74. The van der Waals surface area contributed by atoms with Crippen LogP contribution in [-0.4, -0.2) is 25.3 Å². The summed E-state index contributed by atoms with van der Waals surface area (Å²) in [6.45, 7) is 3.56. The fourth-order valence-corrected chi connectivity index (χ4v) is 4.68. The Morgan fingerprint density at radius 2 is 1.09 bits per heavy atom. The maximum Gasteiger partial charge on any atom is 0.339 e. The van der Waals surface area contributed by atoms with Crippen LogP contribution < -0.4 is 12.5 Å². The van der Waals surface area contributed by atoms with E-state index in [1.54, 1.807) is 38.1 Å². The van der Waals surface area contributed by atoms with Crippen LogP contribution in [0.4, 0.5) is 0 Å². The van der Waals surface area contributed by atoms with Crippen LogP contribution in [0.25, 0.3) is 0 Å². The van der Waals surface area contributed by atoms with E-state index in [-0.39, 0.29) is 15.5 Å². The van der Waals surface area contributed by atoms with E-state index >= 15 is 0 Å². The third-order valence-corrected chi connectivity index (χ3v) is 6.97. The number of thiol groups is 1. The van der Waals surface area contributed by atoms with Crippen molar-refractivity contribution in [2.24, 2.45) is 0 Å². The molecule has 0 N–H and O–H groups in total. The fourth-order valence-electron chi connectivity index (χ4n) is 2.51. The number of rotatable bonds is 8. The zero-order valence-electron chi connectivity index (χ0n) is 16.8. The number of aryl methyl sites for hydroxylation is 2. The average Bonchev–Trinajstić information content (AvgIpc) is 2.70. The van der Waals surface area contributed by atoms with Crippen molar-refractivity contribution in [3.8, 4) is 17.2 Å². The van der Waals surface area contributed by atoms with Gasteiger partial charge in [0.15, 0.2) is 11.5 Å². The molecule has 0 atom stereocenters. The van der Waals surface area contributed by atoms with Crippen LogP contribution in [0.2, 0.25) is 0 Å². The minimum Gasteiger partial charge on any atom is -0.380 e. The van der Waals surface area contributed by atoms with Crippen molar-refractivity contribution in [1.82, 2.24) is 0 Å². The molecular weight excluding hydrogens is 480 g/mol. The number of hydrogen-bond acceptors (Lipinski definition) is 9. The third-order valence-electron chi connectivity index (χ3n) is 4.11. The molecule has 0 unspecified atom stereocenters. The van der Waals surface area contributed by atoms with Gasteiger partial charge in [-0.3, -0.25) is 0 Å². The highest BCUT2D eigenvalue weighted by Crippen LogP contribution is 2.35. The molecule has 3 aromatic carbocycles. The van der Waals surface area contributed by atoms with Gasteiger partial charge in [0.05, 0.1) is 0 Å². The lowest BCUT2D eigenvalue weighted by Crippen LogP contribution is -2.12. The van der Waals surface area contributed by atoms with Gasteiger partial charge in [-0.15, -0.1) is 0 Å². The molecule has 9 nitrogen and oxygen atoms in total. The molecule has 0 saturated heterocycles. The van der Waals surface area contributed by atoms with E-state index < -0.39 is 42.7 Å². The molecule has 0 heterocycles. The van der Waals surface area contributed by atoms with Crippen LogP contribution in [-0.2, 0) is 31.2 Å². The van der Waals surface area contributed by atoms with Gasteiger partial charge in [0.1, 0.15) is 15.5 Å². The summed E-state index contributed by atoms with van der Waals surface area (Å²) in [5.41, 5.74) is 1.67. The summed E-state index contributed by atoms with van der Waals surface area (Å²) >= 11 is 0. The molecule has 3 rings (SSSR count). The Morgan fingerprint density at radius 3 is 1.56 bits per heavy atom. The molecule has 0 bridgehead atoms. The zero-order chi connectivity index (χ0) is 23.5. The molecular formula is C20H18O9S3. The lowest BCUT2D eigenvalue weighted by molar-refractivity contribution is 0.453. The molecule has 170 valence electrons. The Morgan fingerprint density at radius 1 is 0.625 bits per heavy atom. The standard InChI is InChI=1S/C20H18O9S3/c1-14-3-8-17(9-4-14)31(23,24)28-16-7-12-19(20(13-16)27-30(21)22)29-32(25,26)18-10-5-15(2)6-11-18/h3-13,30H,1-2H3. The van der Waals surface area contributed by atoms with Crippen LogP contribution in [0.1, 0.15) is 11.1 Å². The van der Waals surface area contributed by atoms with Crippen molar-refractivity contribution >= 4 is 31.2 Å². The summed E-state index contributed by atoms with van der Waals surface area (Å²) < 4.78 is 86.8. The van der Waals surface area contributed by atoms with Gasteiger partial charge in [-0.25, -0.2) is 0 Å². The van der Waals surface area contributed by atoms with Gasteiger partial charge in [0.25, 0.3) is 11.0 Å². The Bertz CT molecular complexity index is 1400. The van der Waals surface area contributed by atoms with Crippen molar-refractivity contribution in [1.29, 1.82) is 0 Å². The first kappa shape index (κ1) is 23.6. The quantitative estimate of drug-likeness (QED) is 0.368. The molecule has 0 amide bonds. The smallest absolute Gasteiger partial charge is 0.339 e. The monoisotopic (exact) mass is 498 g/mol. The number of hydrogen-bond donors (Lipinski definition) is 1. The summed E-state index contributed by atoms with van der Waals surface area (Å²) in [5, 5.41) is 0. The van der Waals surface area contributed by atoms with Gasteiger partial charge in [-0.1, -0.05) is 35.4 Å². The van der Waals surface area contributed by atoms with Gasteiger partial charge < -0.3 is 12.5 Å². The molecule has 0 fully saturated rings. The Labute approximate surface area is 187 Å². The molecule has 0 aliphatic carbocycles. The first-order valence-electron chi connectivity index (χ1n) is 8.95. The van der Waals surface area contributed by atoms with Crippen LogP contribution in [0, 0.1) is 13.8 Å². The third kappa shape index (κ3) is 5.78. The maximum atomic E-state index is 12.5. The Hall–Kier alpha value is -3.09.